The molecule has 0 aromatic heterocycles. The fourth-order valence-electron chi connectivity index (χ4n) is 4.59. The van der Waals surface area contributed by atoms with Crippen molar-refractivity contribution in [3.63, 3.8) is 0 Å². The van der Waals surface area contributed by atoms with Crippen LogP contribution in [0.5, 0.6) is 17.2 Å². The number of methoxy groups -OCH3 is 2. The zero-order valence-electron chi connectivity index (χ0n) is 25.7. The van der Waals surface area contributed by atoms with E-state index in [-0.39, 0.29) is 27.7 Å². The van der Waals surface area contributed by atoms with E-state index in [1.54, 1.807) is 80.9 Å². The van der Waals surface area contributed by atoms with Gasteiger partial charge in [-0.05, 0) is 86.5 Å². The second-order valence-corrected chi connectivity index (χ2v) is 11.9. The van der Waals surface area contributed by atoms with E-state index in [1.165, 1.54) is 12.1 Å². The normalized spacial score (nSPS) is 10.9. The van der Waals surface area contributed by atoms with Crippen molar-refractivity contribution in [2.75, 3.05) is 43.5 Å². The molecular formula is C34H37N3O7S. The maximum absolute atomic E-state index is 13.8. The molecular weight excluding hydrogens is 594 g/mol. The third kappa shape index (κ3) is 8.33. The van der Waals surface area contributed by atoms with Crippen molar-refractivity contribution in [3.8, 4) is 17.2 Å². The van der Waals surface area contributed by atoms with Gasteiger partial charge in [-0.1, -0.05) is 35.9 Å². The first-order valence-corrected chi connectivity index (χ1v) is 15.8. The molecule has 0 fully saturated rings. The van der Waals surface area contributed by atoms with Crippen molar-refractivity contribution in [1.29, 1.82) is 0 Å². The van der Waals surface area contributed by atoms with Crippen LogP contribution in [0.25, 0.3) is 0 Å². The van der Waals surface area contributed by atoms with Crippen LogP contribution in [0.3, 0.4) is 0 Å². The fourth-order valence-corrected chi connectivity index (χ4v) is 6.01. The summed E-state index contributed by atoms with van der Waals surface area (Å²) in [5.74, 6) is 0.775. The summed E-state index contributed by atoms with van der Waals surface area (Å²) in [4.78, 5) is 26.6. The largest absolute Gasteiger partial charge is 0.494 e. The number of sulfonamides is 1. The molecule has 0 atom stereocenters. The zero-order valence-corrected chi connectivity index (χ0v) is 26.5. The van der Waals surface area contributed by atoms with Gasteiger partial charge in [0.05, 0.1) is 42.7 Å². The number of rotatable bonds is 14. The molecule has 45 heavy (non-hydrogen) atoms. The van der Waals surface area contributed by atoms with Crippen LogP contribution < -0.4 is 29.1 Å². The summed E-state index contributed by atoms with van der Waals surface area (Å²) in [5, 5.41) is 5.61. The lowest BCUT2D eigenvalue weighted by Crippen LogP contribution is -2.38. The van der Waals surface area contributed by atoms with Crippen molar-refractivity contribution in [2.24, 2.45) is 0 Å². The summed E-state index contributed by atoms with van der Waals surface area (Å²) in [6, 6.07) is 25.0. The van der Waals surface area contributed by atoms with Crippen molar-refractivity contribution in [1.82, 2.24) is 5.32 Å². The standard InChI is InChI=1S/C34H37N3O7S/c1-5-44-27-15-13-26(14-16-27)37(45(40,41)28-17-10-24(2)11-18-28)23-33(38)36-30-9-7-6-8-29(30)34(39)35-21-20-25-12-19-31(42-3)32(22-25)43-4/h6-19,22H,5,20-21,23H2,1-4H3,(H,35,39)(H,36,38). The van der Waals surface area contributed by atoms with Crippen molar-refractivity contribution < 1.29 is 32.2 Å². The van der Waals surface area contributed by atoms with Gasteiger partial charge in [0, 0.05) is 6.54 Å². The molecule has 2 N–H and O–H groups in total. The average Bonchev–Trinajstić information content (AvgIpc) is 3.04. The molecule has 0 heterocycles. The van der Waals surface area contributed by atoms with Gasteiger partial charge in [0.1, 0.15) is 12.3 Å². The summed E-state index contributed by atoms with van der Waals surface area (Å²) >= 11 is 0. The van der Waals surface area contributed by atoms with E-state index in [1.807, 2.05) is 26.0 Å². The molecule has 10 nitrogen and oxygen atoms in total. The molecule has 0 spiro atoms. The van der Waals surface area contributed by atoms with Gasteiger partial charge in [-0.2, -0.15) is 0 Å². The Bertz CT molecular complexity index is 1720. The van der Waals surface area contributed by atoms with E-state index in [0.29, 0.717) is 36.8 Å². The Morgan fingerprint density at radius 1 is 0.844 bits per heavy atom. The van der Waals surface area contributed by atoms with E-state index in [2.05, 4.69) is 10.6 Å². The molecule has 2 amide bonds. The molecule has 11 heteroatoms. The van der Waals surface area contributed by atoms with Gasteiger partial charge in [0.25, 0.3) is 15.9 Å². The number of carbonyl (C=O) groups excluding carboxylic acids is 2. The van der Waals surface area contributed by atoms with Crippen LogP contribution in [-0.2, 0) is 21.2 Å². The van der Waals surface area contributed by atoms with Crippen LogP contribution in [0.1, 0.15) is 28.4 Å². The number of ether oxygens (including phenoxy) is 3. The topological polar surface area (TPSA) is 123 Å². The molecule has 4 rings (SSSR count). The summed E-state index contributed by atoms with van der Waals surface area (Å²) in [6.45, 7) is 3.97. The Hall–Kier alpha value is -5.03. The number of anilines is 2. The molecule has 4 aromatic rings. The van der Waals surface area contributed by atoms with Crippen LogP contribution in [0.15, 0.2) is 95.9 Å². The number of amides is 2. The van der Waals surface area contributed by atoms with E-state index < -0.39 is 22.5 Å². The summed E-state index contributed by atoms with van der Waals surface area (Å²) in [7, 11) is -0.999. The molecule has 236 valence electrons. The molecule has 0 aliphatic heterocycles. The van der Waals surface area contributed by atoms with Crippen LogP contribution in [0, 0.1) is 6.92 Å². The summed E-state index contributed by atoms with van der Waals surface area (Å²) in [6.07, 6.45) is 0.536. The molecule has 0 saturated heterocycles. The van der Waals surface area contributed by atoms with Crippen LogP contribution in [0.2, 0.25) is 0 Å². The number of hydrogen-bond donors (Lipinski definition) is 2. The Labute approximate surface area is 264 Å². The monoisotopic (exact) mass is 631 g/mol. The fraction of sp³-hybridized carbons (Fsp3) is 0.235. The maximum Gasteiger partial charge on any atom is 0.264 e. The first-order chi connectivity index (χ1) is 21.7. The van der Waals surface area contributed by atoms with Gasteiger partial charge in [-0.25, -0.2) is 8.42 Å². The maximum atomic E-state index is 13.8. The van der Waals surface area contributed by atoms with Crippen molar-refractivity contribution in [2.45, 2.75) is 25.2 Å². The van der Waals surface area contributed by atoms with Crippen molar-refractivity contribution >= 4 is 33.2 Å². The van der Waals surface area contributed by atoms with Gasteiger partial charge < -0.3 is 24.8 Å². The van der Waals surface area contributed by atoms with Gasteiger partial charge in [-0.3, -0.25) is 13.9 Å². The Morgan fingerprint density at radius 2 is 1.53 bits per heavy atom. The first-order valence-electron chi connectivity index (χ1n) is 14.4. The highest BCUT2D eigenvalue weighted by Gasteiger charge is 2.28. The zero-order chi connectivity index (χ0) is 32.4. The quantitative estimate of drug-likeness (QED) is 0.196. The van der Waals surface area contributed by atoms with E-state index in [4.69, 9.17) is 14.2 Å². The Kier molecular flexibility index (Phi) is 11.0. The average molecular weight is 632 g/mol. The smallest absolute Gasteiger partial charge is 0.264 e. The number of para-hydroxylation sites is 1. The predicted molar refractivity (Wildman–Crippen MR) is 174 cm³/mol. The lowest BCUT2D eigenvalue weighted by atomic mass is 10.1. The highest BCUT2D eigenvalue weighted by atomic mass is 32.2. The third-order valence-corrected chi connectivity index (χ3v) is 8.71. The van der Waals surface area contributed by atoms with E-state index >= 15 is 0 Å². The lowest BCUT2D eigenvalue weighted by molar-refractivity contribution is -0.114. The van der Waals surface area contributed by atoms with Crippen molar-refractivity contribution in [3.05, 3.63) is 108 Å². The van der Waals surface area contributed by atoms with Gasteiger partial charge in [0.15, 0.2) is 11.5 Å². The molecule has 4 aromatic carbocycles. The highest BCUT2D eigenvalue weighted by molar-refractivity contribution is 7.92. The molecule has 0 aliphatic rings. The molecule has 0 saturated carbocycles. The number of nitrogens with zero attached hydrogens (tertiary/aromatic N) is 1. The predicted octanol–water partition coefficient (Wildman–Crippen LogP) is 5.22. The van der Waals surface area contributed by atoms with Gasteiger partial charge in [-0.15, -0.1) is 0 Å². The highest BCUT2D eigenvalue weighted by Crippen LogP contribution is 2.28. The van der Waals surface area contributed by atoms with Crippen LogP contribution in [0.4, 0.5) is 11.4 Å². The van der Waals surface area contributed by atoms with E-state index in [0.717, 1.165) is 15.4 Å². The number of aryl methyl sites for hydroxylation is 1. The molecule has 0 unspecified atom stereocenters. The minimum absolute atomic E-state index is 0.0454. The molecule has 0 bridgehead atoms. The molecule has 0 radical (unpaired) electrons. The van der Waals surface area contributed by atoms with Gasteiger partial charge >= 0.3 is 0 Å². The number of nitrogens with one attached hydrogen (secondary N) is 2. The summed E-state index contributed by atoms with van der Waals surface area (Å²) in [5.41, 5.74) is 2.63. The second-order valence-electron chi connectivity index (χ2n) is 10.0. The van der Waals surface area contributed by atoms with Crippen LogP contribution in [-0.4, -0.2) is 54.1 Å². The first kappa shape index (κ1) is 32.9. The SMILES string of the molecule is CCOc1ccc(N(CC(=O)Nc2ccccc2C(=O)NCCc2ccc(OC)c(OC)c2)S(=O)(=O)c2ccc(C)cc2)cc1. The number of carbonyl (C=O) groups is 2. The molecule has 0 aliphatic carbocycles. The lowest BCUT2D eigenvalue weighted by Gasteiger charge is -2.24. The van der Waals surface area contributed by atoms with Gasteiger partial charge in [0.2, 0.25) is 5.91 Å². The number of hydrogen-bond acceptors (Lipinski definition) is 7. The minimum Gasteiger partial charge on any atom is -0.494 e. The second kappa shape index (κ2) is 15.1. The minimum atomic E-state index is -4.12. The van der Waals surface area contributed by atoms with E-state index in [9.17, 15) is 18.0 Å². The number of benzene rings is 4. The third-order valence-electron chi connectivity index (χ3n) is 6.92. The Balaban J connectivity index is 1.50. The van der Waals surface area contributed by atoms with Crippen LogP contribution >= 0.6 is 0 Å². The summed E-state index contributed by atoms with van der Waals surface area (Å²) < 4.78 is 44.7. The Morgan fingerprint density at radius 3 is 2.20 bits per heavy atom.